The summed E-state index contributed by atoms with van der Waals surface area (Å²) in [6, 6.07) is 5.51. The number of hydrogen-bond acceptors (Lipinski definition) is 4. The van der Waals surface area contributed by atoms with E-state index < -0.39 is 6.10 Å². The van der Waals surface area contributed by atoms with E-state index in [1.807, 2.05) is 19.9 Å². The summed E-state index contributed by atoms with van der Waals surface area (Å²) >= 11 is 6.18. The largest absolute Gasteiger partial charge is 0.486 e. The fraction of sp³-hybridized carbons (Fsp3) is 0.400. The van der Waals surface area contributed by atoms with Gasteiger partial charge in [-0.15, -0.1) is 0 Å². The Balaban J connectivity index is 1.99. The van der Waals surface area contributed by atoms with E-state index in [9.17, 15) is 5.11 Å². The van der Waals surface area contributed by atoms with Crippen LogP contribution in [0.5, 0.6) is 11.5 Å². The molecule has 0 saturated carbocycles. The lowest BCUT2D eigenvalue weighted by molar-refractivity contribution is 0.169. The summed E-state index contributed by atoms with van der Waals surface area (Å²) in [6.07, 6.45) is 0.691. The van der Waals surface area contributed by atoms with Crippen molar-refractivity contribution in [2.45, 2.75) is 26.0 Å². The van der Waals surface area contributed by atoms with Gasteiger partial charge in [0.2, 0.25) is 0 Å². The zero-order chi connectivity index (χ0) is 15.0. The van der Waals surface area contributed by atoms with Crippen molar-refractivity contribution in [3.63, 3.8) is 0 Å². The first-order chi connectivity index (χ1) is 10.1. The molecule has 2 heterocycles. The van der Waals surface area contributed by atoms with Gasteiger partial charge >= 0.3 is 0 Å². The summed E-state index contributed by atoms with van der Waals surface area (Å²) in [5, 5.41) is 15.3. The normalized spacial score (nSPS) is 15.3. The molecule has 1 unspecified atom stereocenters. The van der Waals surface area contributed by atoms with E-state index in [1.165, 1.54) is 0 Å². The molecule has 0 saturated heterocycles. The van der Waals surface area contributed by atoms with Crippen molar-refractivity contribution < 1.29 is 14.6 Å². The molecule has 0 bridgehead atoms. The third kappa shape index (κ3) is 2.59. The van der Waals surface area contributed by atoms with Crippen LogP contribution in [0.4, 0.5) is 0 Å². The van der Waals surface area contributed by atoms with Crippen molar-refractivity contribution in [1.29, 1.82) is 0 Å². The highest BCUT2D eigenvalue weighted by atomic mass is 35.5. The standard InChI is InChI=1S/C15H17ClN2O3/c1-9(2)18-14(11(16)8-17-18)15(19)10-3-4-12-13(7-10)21-6-5-20-12/h3-4,7-9,15,19H,5-6H2,1-2H3. The fourth-order valence-corrected chi connectivity index (χ4v) is 2.64. The van der Waals surface area contributed by atoms with Crippen molar-refractivity contribution in [1.82, 2.24) is 9.78 Å². The summed E-state index contributed by atoms with van der Waals surface area (Å²) in [5.41, 5.74) is 1.28. The van der Waals surface area contributed by atoms with Crippen molar-refractivity contribution in [2.24, 2.45) is 0 Å². The van der Waals surface area contributed by atoms with Crippen LogP contribution in [0.15, 0.2) is 24.4 Å². The first-order valence-electron chi connectivity index (χ1n) is 6.88. The fourth-order valence-electron chi connectivity index (χ4n) is 2.41. The highest BCUT2D eigenvalue weighted by molar-refractivity contribution is 6.31. The molecule has 1 aromatic carbocycles. The van der Waals surface area contributed by atoms with Crippen LogP contribution in [-0.2, 0) is 0 Å². The van der Waals surface area contributed by atoms with Crippen LogP contribution >= 0.6 is 11.6 Å². The number of hydrogen-bond donors (Lipinski definition) is 1. The molecular weight excluding hydrogens is 292 g/mol. The van der Waals surface area contributed by atoms with Gasteiger partial charge in [-0.3, -0.25) is 4.68 Å². The number of aliphatic hydroxyl groups excluding tert-OH is 1. The Morgan fingerprint density at radius 2 is 1.95 bits per heavy atom. The van der Waals surface area contributed by atoms with E-state index in [4.69, 9.17) is 21.1 Å². The van der Waals surface area contributed by atoms with Crippen LogP contribution in [0, 0.1) is 0 Å². The van der Waals surface area contributed by atoms with Crippen LogP contribution in [0.3, 0.4) is 0 Å². The highest BCUT2D eigenvalue weighted by Gasteiger charge is 2.23. The highest BCUT2D eigenvalue weighted by Crippen LogP contribution is 2.36. The number of aromatic nitrogens is 2. The molecule has 1 aliphatic heterocycles. The number of fused-ring (bicyclic) bond motifs is 1. The number of benzene rings is 1. The zero-order valence-corrected chi connectivity index (χ0v) is 12.7. The topological polar surface area (TPSA) is 56.5 Å². The van der Waals surface area contributed by atoms with Gasteiger partial charge in [-0.1, -0.05) is 17.7 Å². The Morgan fingerprint density at radius 3 is 2.67 bits per heavy atom. The Kier molecular flexibility index (Phi) is 3.78. The maximum Gasteiger partial charge on any atom is 0.161 e. The molecule has 2 aromatic rings. The van der Waals surface area contributed by atoms with Crippen molar-refractivity contribution in [3.8, 4) is 11.5 Å². The molecule has 21 heavy (non-hydrogen) atoms. The van der Waals surface area contributed by atoms with E-state index in [0.29, 0.717) is 41.0 Å². The SMILES string of the molecule is CC(C)n1ncc(Cl)c1C(O)c1ccc2c(c1)OCCO2. The average Bonchev–Trinajstić information content (AvgIpc) is 2.88. The zero-order valence-electron chi connectivity index (χ0n) is 11.9. The van der Waals surface area contributed by atoms with Crippen molar-refractivity contribution in [2.75, 3.05) is 13.2 Å². The summed E-state index contributed by atoms with van der Waals surface area (Å²) in [7, 11) is 0. The van der Waals surface area contributed by atoms with Gasteiger partial charge in [0.05, 0.1) is 16.9 Å². The number of ether oxygens (including phenoxy) is 2. The molecule has 0 radical (unpaired) electrons. The first kappa shape index (κ1) is 14.2. The van der Waals surface area contributed by atoms with Gasteiger partial charge in [0.1, 0.15) is 19.3 Å². The molecular formula is C15H17ClN2O3. The van der Waals surface area contributed by atoms with E-state index in [2.05, 4.69) is 5.10 Å². The molecule has 0 spiro atoms. The maximum atomic E-state index is 10.7. The van der Waals surface area contributed by atoms with Crippen LogP contribution in [0.25, 0.3) is 0 Å². The van der Waals surface area contributed by atoms with Crippen LogP contribution < -0.4 is 9.47 Å². The number of nitrogens with zero attached hydrogens (tertiary/aromatic N) is 2. The third-order valence-corrected chi connectivity index (χ3v) is 3.71. The molecule has 1 atom stereocenters. The van der Waals surface area contributed by atoms with Crippen LogP contribution in [0.1, 0.15) is 37.3 Å². The summed E-state index contributed by atoms with van der Waals surface area (Å²) in [6.45, 7) is 5.03. The summed E-state index contributed by atoms with van der Waals surface area (Å²) in [4.78, 5) is 0. The molecule has 0 aliphatic carbocycles. The van der Waals surface area contributed by atoms with Gasteiger partial charge in [-0.05, 0) is 31.5 Å². The van der Waals surface area contributed by atoms with Gasteiger partial charge in [0.15, 0.2) is 11.5 Å². The predicted molar refractivity (Wildman–Crippen MR) is 79.1 cm³/mol. The number of rotatable bonds is 3. The first-order valence-corrected chi connectivity index (χ1v) is 7.26. The van der Waals surface area contributed by atoms with Crippen molar-refractivity contribution in [3.05, 3.63) is 40.7 Å². The molecule has 5 nitrogen and oxygen atoms in total. The molecule has 1 aliphatic rings. The smallest absolute Gasteiger partial charge is 0.161 e. The van der Waals surface area contributed by atoms with Gasteiger partial charge in [-0.2, -0.15) is 5.10 Å². The maximum absolute atomic E-state index is 10.7. The lowest BCUT2D eigenvalue weighted by Gasteiger charge is -2.21. The second kappa shape index (κ2) is 5.58. The molecule has 1 N–H and O–H groups in total. The van der Waals surface area contributed by atoms with E-state index >= 15 is 0 Å². The summed E-state index contributed by atoms with van der Waals surface area (Å²) in [5.74, 6) is 1.34. The molecule has 0 amide bonds. The monoisotopic (exact) mass is 308 g/mol. The molecule has 0 fully saturated rings. The van der Waals surface area contributed by atoms with E-state index in [0.717, 1.165) is 0 Å². The quantitative estimate of drug-likeness (QED) is 0.947. The van der Waals surface area contributed by atoms with Crippen LogP contribution in [0.2, 0.25) is 5.02 Å². The molecule has 3 rings (SSSR count). The Labute approximate surface area is 128 Å². The molecule has 6 heteroatoms. The second-order valence-corrected chi connectivity index (χ2v) is 5.63. The van der Waals surface area contributed by atoms with Crippen LogP contribution in [-0.4, -0.2) is 28.1 Å². The summed E-state index contributed by atoms with van der Waals surface area (Å²) < 4.78 is 12.8. The van der Waals surface area contributed by atoms with Crippen molar-refractivity contribution >= 4 is 11.6 Å². The van der Waals surface area contributed by atoms with Gasteiger partial charge in [0, 0.05) is 6.04 Å². The minimum Gasteiger partial charge on any atom is -0.486 e. The van der Waals surface area contributed by atoms with E-state index in [1.54, 1.807) is 23.0 Å². The predicted octanol–water partition coefficient (Wildman–Crippen LogP) is 2.97. The average molecular weight is 309 g/mol. The molecule has 112 valence electrons. The third-order valence-electron chi connectivity index (χ3n) is 3.42. The lowest BCUT2D eigenvalue weighted by Crippen LogP contribution is -2.16. The Bertz CT molecular complexity index is 654. The lowest BCUT2D eigenvalue weighted by atomic mass is 10.1. The van der Waals surface area contributed by atoms with Gasteiger partial charge in [0.25, 0.3) is 0 Å². The second-order valence-electron chi connectivity index (χ2n) is 5.22. The minimum atomic E-state index is -0.863. The molecule has 1 aromatic heterocycles. The van der Waals surface area contributed by atoms with E-state index in [-0.39, 0.29) is 6.04 Å². The number of aliphatic hydroxyl groups is 1. The minimum absolute atomic E-state index is 0.111. The van der Waals surface area contributed by atoms with Gasteiger partial charge < -0.3 is 14.6 Å². The number of halogens is 1. The van der Waals surface area contributed by atoms with Gasteiger partial charge in [-0.25, -0.2) is 0 Å². The Hall–Kier alpha value is -1.72. The Morgan fingerprint density at radius 1 is 1.24 bits per heavy atom.